The molecule has 0 aliphatic carbocycles. The van der Waals surface area contributed by atoms with E-state index in [-0.39, 0.29) is 32.7 Å². The predicted octanol–water partition coefficient (Wildman–Crippen LogP) is 8.70. The molecule has 0 aliphatic rings. The molecule has 0 radical (unpaired) electrons. The van der Waals surface area contributed by atoms with Crippen molar-refractivity contribution in [1.29, 1.82) is 0 Å². The standard InChI is InChI=1S/C21H28N2.C14H21ClO2.Ni/c1-20(2,3)16-10-11-18(21(4,5)6)19(15-16)23-14-12-17-9-7-8-13-22-17;1-13(2,3)8-7-9(15)10(14(4,5)6)12(17)11(8)16;/h7-11,13-15H,12H2,1-6H3;7,16-17H,1-6H3;/q;;+2/p-2. The Labute approximate surface area is 263 Å². The van der Waals surface area contributed by atoms with E-state index < -0.39 is 16.9 Å². The molecular weight excluding hydrogens is 575 g/mol. The molecule has 0 amide bonds. The molecule has 0 saturated heterocycles. The van der Waals surface area contributed by atoms with Crippen molar-refractivity contribution in [3.63, 3.8) is 0 Å². The van der Waals surface area contributed by atoms with Gasteiger partial charge in [-0.25, -0.2) is 0 Å². The van der Waals surface area contributed by atoms with Crippen LogP contribution in [0.25, 0.3) is 0 Å². The quantitative estimate of drug-likeness (QED) is 0.217. The monoisotopic (exact) mass is 620 g/mol. The van der Waals surface area contributed by atoms with Crippen molar-refractivity contribution >= 4 is 23.5 Å². The average molecular weight is 622 g/mol. The maximum Gasteiger partial charge on any atom is 2.00 e. The molecule has 0 atom stereocenters. The zero-order valence-corrected chi connectivity index (χ0v) is 28.6. The number of hydrogen-bond acceptors (Lipinski definition) is 4. The van der Waals surface area contributed by atoms with E-state index in [9.17, 15) is 10.2 Å². The van der Waals surface area contributed by atoms with Crippen LogP contribution in [0.15, 0.2) is 53.7 Å². The average Bonchev–Trinajstić information content (AvgIpc) is 2.80. The molecule has 41 heavy (non-hydrogen) atoms. The first-order valence-electron chi connectivity index (χ1n) is 13.9. The molecule has 2 aromatic carbocycles. The Balaban J connectivity index is 0.000000419. The van der Waals surface area contributed by atoms with Crippen LogP contribution >= 0.6 is 11.6 Å². The van der Waals surface area contributed by atoms with Crippen molar-refractivity contribution in [3.05, 3.63) is 81.6 Å². The van der Waals surface area contributed by atoms with Crippen molar-refractivity contribution < 1.29 is 26.7 Å². The Hall–Kier alpha value is -2.36. The van der Waals surface area contributed by atoms with Gasteiger partial charge < -0.3 is 10.2 Å². The summed E-state index contributed by atoms with van der Waals surface area (Å²) in [7, 11) is 0. The van der Waals surface area contributed by atoms with Gasteiger partial charge in [0, 0.05) is 29.5 Å². The van der Waals surface area contributed by atoms with Crippen molar-refractivity contribution in [2.24, 2.45) is 4.99 Å². The van der Waals surface area contributed by atoms with E-state index >= 15 is 0 Å². The third kappa shape index (κ3) is 10.1. The Morgan fingerprint density at radius 1 is 0.732 bits per heavy atom. The molecule has 0 spiro atoms. The summed E-state index contributed by atoms with van der Waals surface area (Å²) < 4.78 is 0. The number of halogens is 1. The van der Waals surface area contributed by atoms with E-state index in [1.165, 1.54) is 11.1 Å². The largest absolute Gasteiger partial charge is 2.00 e. The van der Waals surface area contributed by atoms with E-state index in [4.69, 9.17) is 16.6 Å². The van der Waals surface area contributed by atoms with Crippen molar-refractivity contribution in [3.8, 4) is 11.5 Å². The second-order valence-electron chi connectivity index (χ2n) is 14.5. The van der Waals surface area contributed by atoms with Gasteiger partial charge in [-0.05, 0) is 68.2 Å². The molecule has 226 valence electrons. The third-order valence-corrected chi connectivity index (χ3v) is 6.97. The van der Waals surface area contributed by atoms with Crippen LogP contribution in [0.1, 0.15) is 111 Å². The first-order chi connectivity index (χ1) is 18.1. The van der Waals surface area contributed by atoms with Crippen LogP contribution in [0, 0.1) is 0 Å². The van der Waals surface area contributed by atoms with Crippen molar-refractivity contribution in [2.75, 3.05) is 0 Å². The van der Waals surface area contributed by atoms with Crippen molar-refractivity contribution in [2.45, 2.75) is 111 Å². The Kier molecular flexibility index (Phi) is 12.3. The first kappa shape index (κ1) is 36.7. The fraction of sp³-hybridized carbons (Fsp3) is 0.486. The minimum atomic E-state index is -0.463. The first-order valence-corrected chi connectivity index (χ1v) is 14.3. The zero-order valence-electron chi connectivity index (χ0n) is 26.8. The summed E-state index contributed by atoms with van der Waals surface area (Å²) in [4.78, 5) is 9.12. The molecule has 0 N–H and O–H groups in total. The SMILES string of the molecule is CC(C)(C)c1cc(Cl)c(C(C)(C)C)c([O-])c1[O-].CC(C)(C)c1ccc(C(C)(C)C)c(N=CCc2ccccn2)c1.[Ni+2]. The Morgan fingerprint density at radius 3 is 1.78 bits per heavy atom. The minimum absolute atomic E-state index is 0. The van der Waals surface area contributed by atoms with Gasteiger partial charge in [0.2, 0.25) is 0 Å². The summed E-state index contributed by atoms with van der Waals surface area (Å²) in [5.41, 5.74) is 5.04. The second-order valence-corrected chi connectivity index (χ2v) is 14.9. The number of hydrogen-bond donors (Lipinski definition) is 0. The van der Waals surface area contributed by atoms with Gasteiger partial charge in [-0.15, -0.1) is 11.5 Å². The van der Waals surface area contributed by atoms with E-state index in [2.05, 4.69) is 64.7 Å². The maximum atomic E-state index is 12.1. The number of pyridine rings is 1. The predicted molar refractivity (Wildman–Crippen MR) is 168 cm³/mol. The molecule has 0 saturated carbocycles. The van der Waals surface area contributed by atoms with Gasteiger partial charge in [-0.3, -0.25) is 9.98 Å². The number of nitrogens with zero attached hydrogens (tertiary/aromatic N) is 2. The van der Waals surface area contributed by atoms with Crippen LogP contribution in [-0.2, 0) is 44.6 Å². The van der Waals surface area contributed by atoms with Gasteiger partial charge >= 0.3 is 16.5 Å². The summed E-state index contributed by atoms with van der Waals surface area (Å²) in [6.45, 7) is 24.7. The molecule has 6 heteroatoms. The molecule has 3 rings (SSSR count). The molecule has 3 aromatic rings. The van der Waals surface area contributed by atoms with Crippen LogP contribution in [0.2, 0.25) is 5.02 Å². The normalized spacial score (nSPS) is 12.5. The number of aliphatic imine (C=N–C) groups is 1. The van der Waals surface area contributed by atoms with Crippen LogP contribution in [0.5, 0.6) is 11.5 Å². The fourth-order valence-corrected chi connectivity index (χ4v) is 4.84. The van der Waals surface area contributed by atoms with Gasteiger partial charge in [0.15, 0.2) is 0 Å². The summed E-state index contributed by atoms with van der Waals surface area (Å²) in [6, 6.07) is 14.3. The molecule has 4 nitrogen and oxygen atoms in total. The van der Waals surface area contributed by atoms with Crippen LogP contribution < -0.4 is 10.2 Å². The Bertz CT molecular complexity index is 1320. The third-order valence-electron chi connectivity index (χ3n) is 6.67. The molecule has 0 bridgehead atoms. The molecular formula is C35H47ClN2NiO2. The summed E-state index contributed by atoms with van der Waals surface area (Å²) in [6.07, 6.45) is 4.55. The molecule has 0 unspecified atom stereocenters. The van der Waals surface area contributed by atoms with E-state index in [0.29, 0.717) is 16.1 Å². The Morgan fingerprint density at radius 2 is 1.32 bits per heavy atom. The van der Waals surface area contributed by atoms with Gasteiger partial charge in [0.25, 0.3) is 0 Å². The molecule has 1 aromatic heterocycles. The maximum absolute atomic E-state index is 12.1. The second kappa shape index (κ2) is 13.7. The van der Waals surface area contributed by atoms with Gasteiger partial charge in [-0.2, -0.15) is 0 Å². The number of benzene rings is 2. The van der Waals surface area contributed by atoms with Crippen LogP contribution in [-0.4, -0.2) is 11.2 Å². The summed E-state index contributed by atoms with van der Waals surface area (Å²) in [5, 5.41) is 24.6. The van der Waals surface area contributed by atoms with Gasteiger partial charge in [0.05, 0.1) is 5.69 Å². The molecule has 1 heterocycles. The number of aromatic nitrogens is 1. The number of rotatable bonds is 3. The summed E-state index contributed by atoms with van der Waals surface area (Å²) >= 11 is 6.16. The van der Waals surface area contributed by atoms with Crippen LogP contribution in [0.4, 0.5) is 5.69 Å². The van der Waals surface area contributed by atoms with Gasteiger partial charge in [-0.1, -0.05) is 113 Å². The summed E-state index contributed by atoms with van der Waals surface area (Å²) in [5.74, 6) is -0.887. The molecule has 0 aliphatic heterocycles. The van der Waals surface area contributed by atoms with E-state index in [1.807, 2.05) is 72.2 Å². The minimum Gasteiger partial charge on any atom is -0.873 e. The smallest absolute Gasteiger partial charge is 0.873 e. The van der Waals surface area contributed by atoms with Crippen LogP contribution in [0.3, 0.4) is 0 Å². The van der Waals surface area contributed by atoms with E-state index in [1.54, 1.807) is 6.07 Å². The topological polar surface area (TPSA) is 71.4 Å². The zero-order chi connectivity index (χ0) is 30.7. The van der Waals surface area contributed by atoms with E-state index in [0.717, 1.165) is 17.8 Å². The van der Waals surface area contributed by atoms with Gasteiger partial charge in [0.1, 0.15) is 0 Å². The molecule has 0 fully saturated rings. The van der Waals surface area contributed by atoms with Crippen molar-refractivity contribution in [1.82, 2.24) is 4.98 Å². The fourth-order valence-electron chi connectivity index (χ4n) is 4.36.